The molecule has 3 rings (SSSR count). The fourth-order valence-corrected chi connectivity index (χ4v) is 3.49. The lowest BCUT2D eigenvalue weighted by molar-refractivity contribution is -0.124. The lowest BCUT2D eigenvalue weighted by atomic mass is 10.1. The van der Waals surface area contributed by atoms with E-state index < -0.39 is 5.97 Å². The van der Waals surface area contributed by atoms with Gasteiger partial charge in [0.15, 0.2) is 6.61 Å². The second-order valence-electron chi connectivity index (χ2n) is 5.96. The summed E-state index contributed by atoms with van der Waals surface area (Å²) in [6, 6.07) is 19.9. The van der Waals surface area contributed by atoms with E-state index >= 15 is 0 Å². The van der Waals surface area contributed by atoms with Crippen molar-refractivity contribution >= 4 is 23.2 Å². The molecule has 1 amide bonds. The van der Waals surface area contributed by atoms with Crippen LogP contribution in [-0.4, -0.2) is 25.1 Å². The fourth-order valence-electron chi connectivity index (χ4n) is 2.69. The first-order valence-electron chi connectivity index (χ1n) is 8.95. The molecule has 1 heterocycles. The molecule has 28 heavy (non-hydrogen) atoms. The van der Waals surface area contributed by atoms with E-state index in [0.717, 1.165) is 10.4 Å². The predicted molar refractivity (Wildman–Crippen MR) is 109 cm³/mol. The van der Waals surface area contributed by atoms with Crippen LogP contribution in [0.25, 0.3) is 0 Å². The van der Waals surface area contributed by atoms with Gasteiger partial charge >= 0.3 is 5.97 Å². The van der Waals surface area contributed by atoms with Crippen LogP contribution in [0.2, 0.25) is 0 Å². The van der Waals surface area contributed by atoms with E-state index in [-0.39, 0.29) is 18.6 Å². The fraction of sp³-hybridized carbons (Fsp3) is 0.182. The molecule has 3 aromatic rings. The standard InChI is InChI=1S/C22H21NO4S/c1-2-26-18-12-10-17(11-13-18)22(25)27-15-20(24)23-21(19-9-6-14-28-19)16-7-4-3-5-8-16/h3-14,21H,2,15H2,1H3,(H,23,24)/t21-/m1/s1. The van der Waals surface area contributed by atoms with Crippen LogP contribution in [0.1, 0.15) is 33.8 Å². The summed E-state index contributed by atoms with van der Waals surface area (Å²) in [5.74, 6) is -0.231. The van der Waals surface area contributed by atoms with E-state index in [9.17, 15) is 9.59 Å². The Morgan fingerprint density at radius 2 is 1.75 bits per heavy atom. The van der Waals surface area contributed by atoms with Crippen molar-refractivity contribution in [3.8, 4) is 5.75 Å². The highest BCUT2D eigenvalue weighted by Crippen LogP contribution is 2.25. The average Bonchev–Trinajstić information content (AvgIpc) is 3.26. The first-order valence-corrected chi connectivity index (χ1v) is 9.83. The maximum absolute atomic E-state index is 12.4. The second kappa shape index (κ2) is 9.71. The third-order valence-corrected chi connectivity index (χ3v) is 4.94. The predicted octanol–water partition coefficient (Wildman–Crippen LogP) is 4.21. The molecule has 2 aromatic carbocycles. The van der Waals surface area contributed by atoms with Gasteiger partial charge in [-0.25, -0.2) is 4.79 Å². The summed E-state index contributed by atoms with van der Waals surface area (Å²) in [5.41, 5.74) is 1.34. The Kier molecular flexibility index (Phi) is 6.81. The minimum absolute atomic E-state index is 0.280. The summed E-state index contributed by atoms with van der Waals surface area (Å²) in [5, 5.41) is 4.90. The van der Waals surface area contributed by atoms with Crippen LogP contribution in [0.15, 0.2) is 72.1 Å². The Morgan fingerprint density at radius 1 is 1.00 bits per heavy atom. The number of rotatable bonds is 8. The van der Waals surface area contributed by atoms with Crippen molar-refractivity contribution in [2.75, 3.05) is 13.2 Å². The Bertz CT molecular complexity index is 892. The van der Waals surface area contributed by atoms with Crippen molar-refractivity contribution in [3.63, 3.8) is 0 Å². The molecule has 0 unspecified atom stereocenters. The van der Waals surface area contributed by atoms with E-state index in [2.05, 4.69) is 5.32 Å². The number of ether oxygens (including phenoxy) is 2. The minimum atomic E-state index is -0.550. The molecule has 1 atom stereocenters. The molecule has 6 heteroatoms. The summed E-state index contributed by atoms with van der Waals surface area (Å²) in [6.45, 7) is 2.09. The molecular weight excluding hydrogens is 374 g/mol. The van der Waals surface area contributed by atoms with Gasteiger partial charge < -0.3 is 14.8 Å². The number of hydrogen-bond acceptors (Lipinski definition) is 5. The third-order valence-electron chi connectivity index (χ3n) is 4.00. The molecule has 144 valence electrons. The molecule has 0 saturated heterocycles. The Morgan fingerprint density at radius 3 is 2.39 bits per heavy atom. The molecule has 0 aliphatic rings. The Hall–Kier alpha value is -3.12. The molecule has 0 aliphatic heterocycles. The van der Waals surface area contributed by atoms with Crippen LogP contribution in [0.3, 0.4) is 0 Å². The van der Waals surface area contributed by atoms with E-state index in [0.29, 0.717) is 17.9 Å². The summed E-state index contributed by atoms with van der Waals surface area (Å²) < 4.78 is 10.5. The Balaban J connectivity index is 1.59. The third kappa shape index (κ3) is 5.20. The number of amides is 1. The van der Waals surface area contributed by atoms with Gasteiger partial charge in [-0.3, -0.25) is 4.79 Å². The van der Waals surface area contributed by atoms with Crippen LogP contribution in [-0.2, 0) is 9.53 Å². The van der Waals surface area contributed by atoms with Gasteiger partial charge in [0.1, 0.15) is 5.75 Å². The van der Waals surface area contributed by atoms with Gasteiger partial charge in [0.25, 0.3) is 5.91 Å². The number of benzene rings is 2. The quantitative estimate of drug-likeness (QED) is 0.581. The molecular formula is C22H21NO4S. The summed E-state index contributed by atoms with van der Waals surface area (Å²) in [6.07, 6.45) is 0. The normalized spacial score (nSPS) is 11.5. The topological polar surface area (TPSA) is 64.6 Å². The van der Waals surface area contributed by atoms with Crippen molar-refractivity contribution in [2.45, 2.75) is 13.0 Å². The van der Waals surface area contributed by atoms with Crippen molar-refractivity contribution in [3.05, 3.63) is 88.1 Å². The van der Waals surface area contributed by atoms with Crippen molar-refractivity contribution in [2.24, 2.45) is 0 Å². The second-order valence-corrected chi connectivity index (χ2v) is 6.94. The highest BCUT2D eigenvalue weighted by molar-refractivity contribution is 7.10. The van der Waals surface area contributed by atoms with Crippen molar-refractivity contribution in [1.29, 1.82) is 0 Å². The zero-order chi connectivity index (χ0) is 19.8. The average molecular weight is 395 g/mol. The van der Waals surface area contributed by atoms with Crippen LogP contribution in [0, 0.1) is 0 Å². The number of esters is 1. The van der Waals surface area contributed by atoms with Crippen LogP contribution in [0.4, 0.5) is 0 Å². The lowest BCUT2D eigenvalue weighted by Crippen LogP contribution is -2.32. The van der Waals surface area contributed by atoms with Gasteiger partial charge in [-0.05, 0) is 48.2 Å². The van der Waals surface area contributed by atoms with Crippen LogP contribution >= 0.6 is 11.3 Å². The molecule has 5 nitrogen and oxygen atoms in total. The number of nitrogens with one attached hydrogen (secondary N) is 1. The number of thiophene rings is 1. The monoisotopic (exact) mass is 395 g/mol. The van der Waals surface area contributed by atoms with Gasteiger partial charge in [0, 0.05) is 4.88 Å². The smallest absolute Gasteiger partial charge is 0.338 e. The first-order chi connectivity index (χ1) is 13.7. The maximum Gasteiger partial charge on any atom is 0.338 e. The molecule has 0 saturated carbocycles. The van der Waals surface area contributed by atoms with E-state index in [1.165, 1.54) is 0 Å². The lowest BCUT2D eigenvalue weighted by Gasteiger charge is -2.18. The molecule has 1 aromatic heterocycles. The molecule has 0 aliphatic carbocycles. The highest BCUT2D eigenvalue weighted by atomic mass is 32.1. The van der Waals surface area contributed by atoms with Crippen molar-refractivity contribution < 1.29 is 19.1 Å². The van der Waals surface area contributed by atoms with Gasteiger partial charge in [-0.15, -0.1) is 11.3 Å². The maximum atomic E-state index is 12.4. The molecule has 0 spiro atoms. The summed E-state index contributed by atoms with van der Waals surface area (Å²) >= 11 is 1.56. The van der Waals surface area contributed by atoms with Gasteiger partial charge in [-0.2, -0.15) is 0 Å². The SMILES string of the molecule is CCOc1ccc(C(=O)OCC(=O)N[C@H](c2ccccc2)c2cccs2)cc1. The minimum Gasteiger partial charge on any atom is -0.494 e. The van der Waals surface area contributed by atoms with Crippen LogP contribution < -0.4 is 10.1 Å². The highest BCUT2D eigenvalue weighted by Gasteiger charge is 2.19. The largest absolute Gasteiger partial charge is 0.494 e. The molecule has 1 N–H and O–H groups in total. The number of hydrogen-bond donors (Lipinski definition) is 1. The van der Waals surface area contributed by atoms with E-state index in [1.807, 2.05) is 54.8 Å². The zero-order valence-electron chi connectivity index (χ0n) is 15.5. The molecule has 0 bridgehead atoms. The first kappa shape index (κ1) is 19.6. The van der Waals surface area contributed by atoms with E-state index in [4.69, 9.17) is 9.47 Å². The van der Waals surface area contributed by atoms with E-state index in [1.54, 1.807) is 35.6 Å². The van der Waals surface area contributed by atoms with Gasteiger partial charge in [-0.1, -0.05) is 36.4 Å². The zero-order valence-corrected chi connectivity index (χ0v) is 16.3. The Labute approximate surface area is 167 Å². The van der Waals surface area contributed by atoms with Gasteiger partial charge in [0.05, 0.1) is 18.2 Å². The van der Waals surface area contributed by atoms with Crippen molar-refractivity contribution in [1.82, 2.24) is 5.32 Å². The summed E-state index contributed by atoms with van der Waals surface area (Å²) in [7, 11) is 0. The number of carbonyl (C=O) groups excluding carboxylic acids is 2. The van der Waals surface area contributed by atoms with Crippen LogP contribution in [0.5, 0.6) is 5.75 Å². The number of carbonyl (C=O) groups is 2. The summed E-state index contributed by atoms with van der Waals surface area (Å²) in [4.78, 5) is 25.6. The molecule has 0 radical (unpaired) electrons. The molecule has 0 fully saturated rings. The van der Waals surface area contributed by atoms with Gasteiger partial charge in [0.2, 0.25) is 0 Å².